The minimum atomic E-state index is -3.54. The molecule has 0 unspecified atom stereocenters. The summed E-state index contributed by atoms with van der Waals surface area (Å²) in [6, 6.07) is 6.74. The van der Waals surface area contributed by atoms with Gasteiger partial charge in [0.25, 0.3) is 0 Å². The maximum Gasteiger partial charge on any atom is 0.311 e. The molecule has 0 atom stereocenters. The molecule has 1 aliphatic heterocycles. The molecule has 0 N–H and O–H groups in total. The van der Waals surface area contributed by atoms with Gasteiger partial charge in [0.2, 0.25) is 15.9 Å². The third-order valence-electron chi connectivity index (χ3n) is 3.89. The number of benzene rings is 1. The van der Waals surface area contributed by atoms with Gasteiger partial charge in [-0.15, -0.1) is 10.2 Å². The van der Waals surface area contributed by atoms with E-state index in [1.807, 2.05) is 6.92 Å². The zero-order valence-corrected chi connectivity index (χ0v) is 14.3. The van der Waals surface area contributed by atoms with Gasteiger partial charge in [-0.1, -0.05) is 17.7 Å². The van der Waals surface area contributed by atoms with Gasteiger partial charge in [-0.3, -0.25) is 4.79 Å². The van der Waals surface area contributed by atoms with E-state index in [0.717, 1.165) is 5.56 Å². The van der Waals surface area contributed by atoms with Gasteiger partial charge < -0.3 is 9.32 Å². The maximum absolute atomic E-state index is 12.6. The van der Waals surface area contributed by atoms with Gasteiger partial charge in [0.1, 0.15) is 0 Å². The highest BCUT2D eigenvalue weighted by Gasteiger charge is 2.31. The number of hydrogen-bond donors (Lipinski definition) is 0. The third kappa shape index (κ3) is 3.17. The van der Waals surface area contributed by atoms with Crippen LogP contribution in [0.1, 0.15) is 22.1 Å². The van der Waals surface area contributed by atoms with Crippen LogP contribution in [0.15, 0.2) is 33.6 Å². The van der Waals surface area contributed by atoms with Crippen LogP contribution in [-0.4, -0.2) is 59.9 Å². The normalized spacial score (nSPS) is 16.3. The zero-order valence-electron chi connectivity index (χ0n) is 13.5. The molecule has 24 heavy (non-hydrogen) atoms. The van der Waals surface area contributed by atoms with Crippen molar-refractivity contribution in [2.45, 2.75) is 18.7 Å². The molecule has 8 nitrogen and oxygen atoms in total. The van der Waals surface area contributed by atoms with E-state index in [-0.39, 0.29) is 42.9 Å². The minimum absolute atomic E-state index is 0.0673. The molecule has 128 valence electrons. The van der Waals surface area contributed by atoms with E-state index in [9.17, 15) is 13.2 Å². The van der Waals surface area contributed by atoms with E-state index in [2.05, 4.69) is 10.2 Å². The highest BCUT2D eigenvalue weighted by molar-refractivity contribution is 7.89. The summed E-state index contributed by atoms with van der Waals surface area (Å²) in [4.78, 5) is 14.0. The molecule has 0 radical (unpaired) electrons. The maximum atomic E-state index is 12.6. The summed E-state index contributed by atoms with van der Waals surface area (Å²) in [6.07, 6.45) is 0. The molecule has 1 aromatic heterocycles. The van der Waals surface area contributed by atoms with E-state index in [4.69, 9.17) is 4.42 Å². The molecular formula is C15H18N4O4S. The SMILES string of the molecule is Cc1ccc(S(=O)(=O)N2CCN(C(=O)c3nnc(C)o3)CC2)cc1. The Bertz CT molecular complexity index is 837. The van der Waals surface area contributed by atoms with Crippen LogP contribution in [0.25, 0.3) is 0 Å². The topological polar surface area (TPSA) is 96.6 Å². The van der Waals surface area contributed by atoms with Crippen LogP contribution in [0.4, 0.5) is 0 Å². The van der Waals surface area contributed by atoms with Crippen LogP contribution >= 0.6 is 0 Å². The van der Waals surface area contributed by atoms with E-state index in [1.165, 1.54) is 9.21 Å². The van der Waals surface area contributed by atoms with Gasteiger partial charge in [-0.25, -0.2) is 8.42 Å². The lowest BCUT2D eigenvalue weighted by Gasteiger charge is -2.33. The molecule has 2 heterocycles. The first kappa shape index (κ1) is 16.6. The molecule has 0 spiro atoms. The fourth-order valence-corrected chi connectivity index (χ4v) is 3.93. The molecule has 1 aliphatic rings. The summed E-state index contributed by atoms with van der Waals surface area (Å²) in [5.41, 5.74) is 0.999. The summed E-state index contributed by atoms with van der Waals surface area (Å²) >= 11 is 0. The number of aromatic nitrogens is 2. The first-order chi connectivity index (χ1) is 11.4. The number of rotatable bonds is 3. The number of hydrogen-bond acceptors (Lipinski definition) is 6. The van der Waals surface area contributed by atoms with Gasteiger partial charge >= 0.3 is 11.8 Å². The molecule has 0 bridgehead atoms. The first-order valence-corrected chi connectivity index (χ1v) is 8.98. The molecular weight excluding hydrogens is 332 g/mol. The first-order valence-electron chi connectivity index (χ1n) is 7.54. The Labute approximate surface area is 140 Å². The molecule has 1 saturated heterocycles. The second-order valence-electron chi connectivity index (χ2n) is 5.64. The van der Waals surface area contributed by atoms with Crippen molar-refractivity contribution < 1.29 is 17.6 Å². The molecule has 1 fully saturated rings. The Morgan fingerprint density at radius 2 is 1.67 bits per heavy atom. The lowest BCUT2D eigenvalue weighted by molar-refractivity contribution is 0.0656. The molecule has 9 heteroatoms. The van der Waals surface area contributed by atoms with E-state index in [0.29, 0.717) is 5.89 Å². The predicted octanol–water partition coefficient (Wildman–Crippen LogP) is 0.833. The van der Waals surface area contributed by atoms with Crippen LogP contribution in [0.2, 0.25) is 0 Å². The minimum Gasteiger partial charge on any atom is -0.417 e. The monoisotopic (exact) mass is 350 g/mol. The van der Waals surface area contributed by atoms with Crippen molar-refractivity contribution in [1.29, 1.82) is 0 Å². The highest BCUT2D eigenvalue weighted by atomic mass is 32.2. The van der Waals surface area contributed by atoms with E-state index in [1.54, 1.807) is 31.2 Å². The summed E-state index contributed by atoms with van der Waals surface area (Å²) in [7, 11) is -3.54. The average Bonchev–Trinajstić information content (AvgIpc) is 3.01. The number of amides is 1. The van der Waals surface area contributed by atoms with Gasteiger partial charge in [0.05, 0.1) is 4.90 Å². The fraction of sp³-hybridized carbons (Fsp3) is 0.400. The lowest BCUT2D eigenvalue weighted by atomic mass is 10.2. The Hall–Kier alpha value is -2.26. The molecule has 1 amide bonds. The van der Waals surface area contributed by atoms with Crippen molar-refractivity contribution in [2.75, 3.05) is 26.2 Å². The number of carbonyl (C=O) groups excluding carboxylic acids is 1. The second-order valence-corrected chi connectivity index (χ2v) is 7.57. The molecule has 2 aromatic rings. The molecule has 0 aliphatic carbocycles. The van der Waals surface area contributed by atoms with Crippen LogP contribution in [0.3, 0.4) is 0 Å². The van der Waals surface area contributed by atoms with Crippen LogP contribution < -0.4 is 0 Å². The highest BCUT2D eigenvalue weighted by Crippen LogP contribution is 2.18. The number of piperazine rings is 1. The Balaban J connectivity index is 1.68. The Kier molecular flexibility index (Phi) is 4.37. The number of sulfonamides is 1. The fourth-order valence-electron chi connectivity index (χ4n) is 2.51. The Morgan fingerprint density at radius 1 is 1.04 bits per heavy atom. The van der Waals surface area contributed by atoms with Gasteiger partial charge in [0.15, 0.2) is 0 Å². The molecule has 3 rings (SSSR count). The standard InChI is InChI=1S/C15H18N4O4S/c1-11-3-5-13(6-4-11)24(21,22)19-9-7-18(8-10-19)15(20)14-17-16-12(2)23-14/h3-6H,7-10H2,1-2H3. The quantitative estimate of drug-likeness (QED) is 0.813. The van der Waals surface area contributed by atoms with Crippen molar-refractivity contribution >= 4 is 15.9 Å². The summed E-state index contributed by atoms with van der Waals surface area (Å²) in [5.74, 6) is -0.121. The number of carbonyl (C=O) groups is 1. The predicted molar refractivity (Wildman–Crippen MR) is 84.9 cm³/mol. The van der Waals surface area contributed by atoms with E-state index < -0.39 is 10.0 Å². The van der Waals surface area contributed by atoms with Gasteiger partial charge in [0, 0.05) is 33.1 Å². The summed E-state index contributed by atoms with van der Waals surface area (Å²) < 4.78 is 31.8. The Morgan fingerprint density at radius 3 is 2.21 bits per heavy atom. The summed E-state index contributed by atoms with van der Waals surface area (Å²) in [6.45, 7) is 4.54. The number of aryl methyl sites for hydroxylation is 2. The third-order valence-corrected chi connectivity index (χ3v) is 5.81. The molecule has 1 aromatic carbocycles. The smallest absolute Gasteiger partial charge is 0.311 e. The van der Waals surface area contributed by atoms with Crippen molar-refractivity contribution in [1.82, 2.24) is 19.4 Å². The summed E-state index contributed by atoms with van der Waals surface area (Å²) in [5, 5.41) is 7.34. The van der Waals surface area contributed by atoms with Gasteiger partial charge in [-0.05, 0) is 19.1 Å². The number of nitrogens with zero attached hydrogens (tertiary/aromatic N) is 4. The van der Waals surface area contributed by atoms with Crippen molar-refractivity contribution in [2.24, 2.45) is 0 Å². The average molecular weight is 350 g/mol. The van der Waals surface area contributed by atoms with Crippen molar-refractivity contribution in [3.63, 3.8) is 0 Å². The lowest BCUT2D eigenvalue weighted by Crippen LogP contribution is -2.50. The largest absolute Gasteiger partial charge is 0.417 e. The molecule has 0 saturated carbocycles. The van der Waals surface area contributed by atoms with Crippen LogP contribution in [0.5, 0.6) is 0 Å². The second kappa shape index (κ2) is 6.33. The van der Waals surface area contributed by atoms with Crippen molar-refractivity contribution in [3.8, 4) is 0 Å². The zero-order chi connectivity index (χ0) is 17.3. The van der Waals surface area contributed by atoms with Crippen molar-refractivity contribution in [3.05, 3.63) is 41.6 Å². The van der Waals surface area contributed by atoms with Crippen LogP contribution in [0, 0.1) is 13.8 Å². The van der Waals surface area contributed by atoms with Gasteiger partial charge in [-0.2, -0.15) is 4.31 Å². The van der Waals surface area contributed by atoms with E-state index >= 15 is 0 Å². The van der Waals surface area contributed by atoms with Crippen LogP contribution in [-0.2, 0) is 10.0 Å².